The number of benzene rings is 1. The number of carboxylic acids is 1. The first kappa shape index (κ1) is 28.2. The summed E-state index contributed by atoms with van der Waals surface area (Å²) in [6.07, 6.45) is 14.3. The molecule has 0 heterocycles. The van der Waals surface area contributed by atoms with E-state index in [1.165, 1.54) is 38.2 Å². The number of hydrogen-bond donors (Lipinski definition) is 1. The van der Waals surface area contributed by atoms with Crippen LogP contribution >= 0.6 is 0 Å². The number of carbonyl (C=O) groups excluding carboxylic acids is 1. The molecule has 1 aromatic rings. The number of esters is 1. The maximum absolute atomic E-state index is 11.4. The van der Waals surface area contributed by atoms with E-state index in [9.17, 15) is 9.59 Å². The Hall–Kier alpha value is -1.88. The second-order valence-corrected chi connectivity index (χ2v) is 8.88. The van der Waals surface area contributed by atoms with Gasteiger partial charge < -0.3 is 14.6 Å². The first-order valence-corrected chi connectivity index (χ1v) is 12.5. The van der Waals surface area contributed by atoms with E-state index in [1.54, 1.807) is 0 Å². The minimum absolute atomic E-state index is 0.0259. The van der Waals surface area contributed by atoms with Crippen molar-refractivity contribution in [3.8, 4) is 0 Å². The molecular weight excluding hydrogens is 404 g/mol. The van der Waals surface area contributed by atoms with E-state index in [1.807, 2.05) is 18.2 Å². The lowest BCUT2D eigenvalue weighted by molar-refractivity contribution is -0.147. The first-order valence-electron chi connectivity index (χ1n) is 12.5. The molecule has 0 aromatic heterocycles. The van der Waals surface area contributed by atoms with Crippen molar-refractivity contribution < 1.29 is 24.2 Å². The topological polar surface area (TPSA) is 72.8 Å². The standard InChI is InChI=1S/C27H44O5/c1-23(31-22-25-17-11-9-12-18-25)16-10-5-3-6-13-19-26(32-24(2)28)20-14-7-4-8-15-21-27(29)30/h9,11-12,17-18,23,26H,3-8,10,13-16,19-22H2,1-2H3,(H,29,30). The quantitative estimate of drug-likeness (QED) is 0.171. The van der Waals surface area contributed by atoms with Crippen molar-refractivity contribution >= 4 is 11.9 Å². The molecule has 2 unspecified atom stereocenters. The van der Waals surface area contributed by atoms with Gasteiger partial charge in [-0.15, -0.1) is 0 Å². The van der Waals surface area contributed by atoms with Crippen LogP contribution in [0.25, 0.3) is 0 Å². The lowest BCUT2D eigenvalue weighted by Gasteiger charge is -2.17. The van der Waals surface area contributed by atoms with E-state index in [-0.39, 0.29) is 24.6 Å². The van der Waals surface area contributed by atoms with Crippen molar-refractivity contribution in [3.63, 3.8) is 0 Å². The third-order valence-corrected chi connectivity index (χ3v) is 5.76. The summed E-state index contributed by atoms with van der Waals surface area (Å²) in [6, 6.07) is 10.3. The normalized spacial score (nSPS) is 12.9. The van der Waals surface area contributed by atoms with Crippen LogP contribution in [0.4, 0.5) is 0 Å². The van der Waals surface area contributed by atoms with Crippen LogP contribution in [0.5, 0.6) is 0 Å². The third-order valence-electron chi connectivity index (χ3n) is 5.76. The highest BCUT2D eigenvalue weighted by molar-refractivity contribution is 5.66. The number of carboxylic acid groups (broad SMARTS) is 1. The molecule has 0 radical (unpaired) electrons. The van der Waals surface area contributed by atoms with Gasteiger partial charge in [0.15, 0.2) is 0 Å². The lowest BCUT2D eigenvalue weighted by Crippen LogP contribution is -2.16. The van der Waals surface area contributed by atoms with Gasteiger partial charge in [-0.1, -0.05) is 75.3 Å². The number of carbonyl (C=O) groups is 2. The smallest absolute Gasteiger partial charge is 0.303 e. The predicted molar refractivity (Wildman–Crippen MR) is 129 cm³/mol. The van der Waals surface area contributed by atoms with Crippen molar-refractivity contribution in [2.75, 3.05) is 0 Å². The summed E-state index contributed by atoms with van der Waals surface area (Å²) >= 11 is 0. The summed E-state index contributed by atoms with van der Waals surface area (Å²) in [5, 5.41) is 8.65. The zero-order chi connectivity index (χ0) is 23.4. The van der Waals surface area contributed by atoms with Gasteiger partial charge in [0, 0.05) is 13.3 Å². The molecule has 182 valence electrons. The molecule has 1 rings (SSSR count). The molecule has 0 aliphatic carbocycles. The van der Waals surface area contributed by atoms with Gasteiger partial charge in [0.2, 0.25) is 0 Å². The second kappa shape index (κ2) is 18.7. The third kappa shape index (κ3) is 16.8. The Morgan fingerprint density at radius 1 is 0.812 bits per heavy atom. The summed E-state index contributed by atoms with van der Waals surface area (Å²) < 4.78 is 11.4. The summed E-state index contributed by atoms with van der Waals surface area (Å²) in [5.41, 5.74) is 1.22. The minimum atomic E-state index is -0.717. The molecule has 32 heavy (non-hydrogen) atoms. The fourth-order valence-electron chi connectivity index (χ4n) is 3.91. The lowest BCUT2D eigenvalue weighted by atomic mass is 10.0. The highest BCUT2D eigenvalue weighted by Gasteiger charge is 2.11. The van der Waals surface area contributed by atoms with Gasteiger partial charge in [-0.2, -0.15) is 0 Å². The van der Waals surface area contributed by atoms with Crippen molar-refractivity contribution in [2.24, 2.45) is 0 Å². The van der Waals surface area contributed by atoms with Crippen molar-refractivity contribution in [2.45, 2.75) is 123 Å². The van der Waals surface area contributed by atoms with Crippen molar-refractivity contribution in [1.29, 1.82) is 0 Å². The van der Waals surface area contributed by atoms with Gasteiger partial charge in [-0.05, 0) is 51.0 Å². The van der Waals surface area contributed by atoms with Crippen LogP contribution in [0.3, 0.4) is 0 Å². The highest BCUT2D eigenvalue weighted by atomic mass is 16.5. The Morgan fingerprint density at radius 3 is 1.91 bits per heavy atom. The number of rotatable bonds is 20. The fourth-order valence-corrected chi connectivity index (χ4v) is 3.91. The Balaban J connectivity index is 2.02. The molecular formula is C27H44O5. The minimum Gasteiger partial charge on any atom is -0.481 e. The van der Waals surface area contributed by atoms with Gasteiger partial charge in [-0.25, -0.2) is 0 Å². The Labute approximate surface area is 194 Å². The van der Waals surface area contributed by atoms with Crippen LogP contribution in [-0.4, -0.2) is 29.3 Å². The molecule has 5 heteroatoms. The van der Waals surface area contributed by atoms with Crippen molar-refractivity contribution in [3.05, 3.63) is 35.9 Å². The molecule has 1 aromatic carbocycles. The molecule has 0 aliphatic heterocycles. The monoisotopic (exact) mass is 448 g/mol. The number of hydrogen-bond acceptors (Lipinski definition) is 4. The molecule has 0 amide bonds. The van der Waals surface area contributed by atoms with Crippen molar-refractivity contribution in [1.82, 2.24) is 0 Å². The molecule has 2 atom stereocenters. The van der Waals surface area contributed by atoms with Crippen LogP contribution in [0.1, 0.15) is 109 Å². The Kier molecular flexibility index (Phi) is 16.4. The molecule has 0 saturated heterocycles. The maximum atomic E-state index is 11.4. The number of unbranched alkanes of at least 4 members (excludes halogenated alkanes) is 8. The average molecular weight is 449 g/mol. The SMILES string of the molecule is CC(=O)OC(CCCCCCCC(=O)O)CCCCCCCC(C)OCc1ccccc1. The van der Waals surface area contributed by atoms with E-state index in [2.05, 4.69) is 19.1 Å². The van der Waals surface area contributed by atoms with Gasteiger partial charge in [-0.3, -0.25) is 9.59 Å². The Morgan fingerprint density at radius 2 is 1.34 bits per heavy atom. The summed E-state index contributed by atoms with van der Waals surface area (Å²) in [5.74, 6) is -0.910. The van der Waals surface area contributed by atoms with E-state index in [0.717, 1.165) is 57.8 Å². The molecule has 1 N–H and O–H groups in total. The number of aliphatic carboxylic acids is 1. The van der Waals surface area contributed by atoms with Gasteiger partial charge in [0.25, 0.3) is 0 Å². The van der Waals surface area contributed by atoms with Gasteiger partial charge in [0.05, 0.1) is 12.7 Å². The molecule has 0 bridgehead atoms. The zero-order valence-electron chi connectivity index (χ0n) is 20.2. The van der Waals surface area contributed by atoms with E-state index < -0.39 is 5.97 Å². The maximum Gasteiger partial charge on any atom is 0.303 e. The average Bonchev–Trinajstić information content (AvgIpc) is 2.76. The van der Waals surface area contributed by atoms with Crippen LogP contribution in [0, 0.1) is 0 Å². The zero-order valence-corrected chi connectivity index (χ0v) is 20.2. The van der Waals surface area contributed by atoms with Gasteiger partial charge >= 0.3 is 11.9 Å². The van der Waals surface area contributed by atoms with E-state index in [4.69, 9.17) is 14.6 Å². The summed E-state index contributed by atoms with van der Waals surface area (Å²) in [6.45, 7) is 4.32. The predicted octanol–water partition coefficient (Wildman–Crippen LogP) is 7.07. The molecule has 0 aliphatic rings. The highest BCUT2D eigenvalue weighted by Crippen LogP contribution is 2.17. The molecule has 0 spiro atoms. The van der Waals surface area contributed by atoms with Crippen LogP contribution in [-0.2, 0) is 25.7 Å². The summed E-state index contributed by atoms with van der Waals surface area (Å²) in [4.78, 5) is 21.9. The second-order valence-electron chi connectivity index (χ2n) is 8.88. The van der Waals surface area contributed by atoms with Gasteiger partial charge in [0.1, 0.15) is 6.10 Å². The molecule has 0 saturated carbocycles. The summed E-state index contributed by atoms with van der Waals surface area (Å²) in [7, 11) is 0. The Bertz CT molecular complexity index is 601. The fraction of sp³-hybridized carbons (Fsp3) is 0.704. The molecule has 5 nitrogen and oxygen atoms in total. The number of ether oxygens (including phenoxy) is 2. The largest absolute Gasteiger partial charge is 0.481 e. The van der Waals surface area contributed by atoms with Crippen LogP contribution in [0.15, 0.2) is 30.3 Å². The van der Waals surface area contributed by atoms with E-state index in [0.29, 0.717) is 6.61 Å². The van der Waals surface area contributed by atoms with E-state index >= 15 is 0 Å². The molecule has 0 fully saturated rings. The first-order chi connectivity index (χ1) is 15.5. The van der Waals surface area contributed by atoms with Crippen LogP contribution < -0.4 is 0 Å². The van der Waals surface area contributed by atoms with Crippen LogP contribution in [0.2, 0.25) is 0 Å².